The molecule has 0 radical (unpaired) electrons. The zero-order chi connectivity index (χ0) is 13.4. The van der Waals surface area contributed by atoms with E-state index in [1.165, 1.54) is 31.6 Å². The maximum atomic E-state index is 14.0. The predicted octanol–water partition coefficient (Wildman–Crippen LogP) is 4.52. The quantitative estimate of drug-likeness (QED) is 0.788. The fraction of sp³-hybridized carbons (Fsp3) is 0.250. The summed E-state index contributed by atoms with van der Waals surface area (Å²) in [7, 11) is 1.32. The smallest absolute Gasteiger partial charge is 0.201 e. The summed E-state index contributed by atoms with van der Waals surface area (Å²) < 4.78 is 32.4. The van der Waals surface area contributed by atoms with Gasteiger partial charge in [0.05, 0.1) is 7.11 Å². The third kappa shape index (κ3) is 2.21. The van der Waals surface area contributed by atoms with Crippen LogP contribution in [0.5, 0.6) is 5.75 Å². The van der Waals surface area contributed by atoms with Crippen molar-refractivity contribution in [2.24, 2.45) is 0 Å². The molecule has 1 fully saturated rings. The molecule has 2 aromatic carbocycles. The minimum atomic E-state index is -0.939. The molecule has 2 aromatic rings. The minimum Gasteiger partial charge on any atom is -0.494 e. The minimum absolute atomic E-state index is 0.0733. The van der Waals surface area contributed by atoms with Gasteiger partial charge in [-0.25, -0.2) is 4.39 Å². The largest absolute Gasteiger partial charge is 0.494 e. The normalized spacial score (nSPS) is 14.5. The number of hydrogen-bond donors (Lipinski definition) is 0. The van der Waals surface area contributed by atoms with E-state index in [0.29, 0.717) is 11.5 Å². The SMILES string of the molecule is COc1ccc(-c2ccc(C3CC3)cc2)c(F)c1F. The fourth-order valence-electron chi connectivity index (χ4n) is 2.26. The number of methoxy groups -OCH3 is 1. The summed E-state index contributed by atoms with van der Waals surface area (Å²) in [6, 6.07) is 10.7. The van der Waals surface area contributed by atoms with Gasteiger partial charge in [-0.05, 0) is 42.0 Å². The van der Waals surface area contributed by atoms with Gasteiger partial charge in [0.25, 0.3) is 0 Å². The summed E-state index contributed by atoms with van der Waals surface area (Å²) in [5.74, 6) is -1.22. The van der Waals surface area contributed by atoms with Crippen LogP contribution in [0.3, 0.4) is 0 Å². The van der Waals surface area contributed by atoms with E-state index < -0.39 is 11.6 Å². The first kappa shape index (κ1) is 12.2. The van der Waals surface area contributed by atoms with Crippen LogP contribution in [0, 0.1) is 11.6 Å². The van der Waals surface area contributed by atoms with Crippen LogP contribution in [0.1, 0.15) is 24.3 Å². The van der Waals surface area contributed by atoms with Crippen LogP contribution >= 0.6 is 0 Å². The molecule has 3 heteroatoms. The molecule has 0 aromatic heterocycles. The monoisotopic (exact) mass is 260 g/mol. The summed E-state index contributed by atoms with van der Waals surface area (Å²) in [5, 5.41) is 0. The van der Waals surface area contributed by atoms with E-state index in [0.717, 1.165) is 0 Å². The molecular weight excluding hydrogens is 246 g/mol. The average molecular weight is 260 g/mol. The van der Waals surface area contributed by atoms with Gasteiger partial charge >= 0.3 is 0 Å². The van der Waals surface area contributed by atoms with E-state index >= 15 is 0 Å². The molecule has 1 aliphatic rings. The Balaban J connectivity index is 1.99. The lowest BCUT2D eigenvalue weighted by atomic mass is 10.0. The molecule has 1 saturated carbocycles. The Bertz CT molecular complexity index is 601. The first-order valence-electron chi connectivity index (χ1n) is 6.33. The third-order valence-electron chi connectivity index (χ3n) is 3.54. The second-order valence-electron chi connectivity index (χ2n) is 4.84. The number of ether oxygens (including phenoxy) is 1. The second-order valence-corrected chi connectivity index (χ2v) is 4.84. The lowest BCUT2D eigenvalue weighted by Gasteiger charge is -2.08. The molecule has 0 bridgehead atoms. The molecule has 1 nitrogen and oxygen atoms in total. The number of halogens is 2. The van der Waals surface area contributed by atoms with E-state index in [9.17, 15) is 8.78 Å². The van der Waals surface area contributed by atoms with Crippen LogP contribution in [-0.4, -0.2) is 7.11 Å². The third-order valence-corrected chi connectivity index (χ3v) is 3.54. The molecular formula is C16H14F2O. The number of rotatable bonds is 3. The molecule has 0 saturated heterocycles. The highest BCUT2D eigenvalue weighted by molar-refractivity contribution is 5.65. The van der Waals surface area contributed by atoms with Crippen molar-refractivity contribution >= 4 is 0 Å². The Morgan fingerprint density at radius 2 is 1.63 bits per heavy atom. The highest BCUT2D eigenvalue weighted by Crippen LogP contribution is 2.40. The van der Waals surface area contributed by atoms with E-state index in [-0.39, 0.29) is 11.3 Å². The summed E-state index contributed by atoms with van der Waals surface area (Å²) in [6.07, 6.45) is 2.45. The van der Waals surface area contributed by atoms with Crippen LogP contribution in [0.4, 0.5) is 8.78 Å². The molecule has 3 rings (SSSR count). The van der Waals surface area contributed by atoms with Gasteiger partial charge in [-0.3, -0.25) is 0 Å². The van der Waals surface area contributed by atoms with Crippen LogP contribution in [0.2, 0.25) is 0 Å². The molecule has 0 amide bonds. The highest BCUT2D eigenvalue weighted by Gasteiger charge is 2.23. The summed E-state index contributed by atoms with van der Waals surface area (Å²) in [4.78, 5) is 0. The molecule has 0 heterocycles. The molecule has 0 atom stereocenters. The Morgan fingerprint density at radius 3 is 2.21 bits per heavy atom. The summed E-state index contributed by atoms with van der Waals surface area (Å²) in [6.45, 7) is 0. The first-order chi connectivity index (χ1) is 9.20. The molecule has 0 spiro atoms. The predicted molar refractivity (Wildman–Crippen MR) is 70.3 cm³/mol. The maximum Gasteiger partial charge on any atom is 0.201 e. The molecule has 0 N–H and O–H groups in total. The second kappa shape index (κ2) is 4.65. The van der Waals surface area contributed by atoms with Gasteiger partial charge in [-0.15, -0.1) is 0 Å². The number of hydrogen-bond acceptors (Lipinski definition) is 1. The standard InChI is InChI=1S/C16H14F2O/c1-19-14-9-8-13(15(17)16(14)18)12-6-4-11(5-7-12)10-2-3-10/h4-10H,2-3H2,1H3. The van der Waals surface area contributed by atoms with E-state index in [1.54, 1.807) is 6.07 Å². The fourth-order valence-corrected chi connectivity index (χ4v) is 2.26. The lowest BCUT2D eigenvalue weighted by Crippen LogP contribution is -1.95. The van der Waals surface area contributed by atoms with Crippen molar-refractivity contribution in [1.82, 2.24) is 0 Å². The van der Waals surface area contributed by atoms with E-state index in [4.69, 9.17) is 4.74 Å². The Kier molecular flexibility index (Phi) is 2.97. The highest BCUT2D eigenvalue weighted by atomic mass is 19.2. The summed E-state index contributed by atoms with van der Waals surface area (Å²) in [5.41, 5.74) is 2.22. The summed E-state index contributed by atoms with van der Waals surface area (Å²) >= 11 is 0. The van der Waals surface area contributed by atoms with Crippen LogP contribution in [0.15, 0.2) is 36.4 Å². The van der Waals surface area contributed by atoms with Crippen molar-refractivity contribution in [3.63, 3.8) is 0 Å². The van der Waals surface area contributed by atoms with Crippen molar-refractivity contribution in [3.8, 4) is 16.9 Å². The first-order valence-corrected chi connectivity index (χ1v) is 6.33. The van der Waals surface area contributed by atoms with Crippen LogP contribution < -0.4 is 4.74 Å². The van der Waals surface area contributed by atoms with E-state index in [1.807, 2.05) is 24.3 Å². The Hall–Kier alpha value is -1.90. The molecule has 0 aliphatic heterocycles. The molecule has 0 unspecified atom stereocenters. The van der Waals surface area contributed by atoms with Gasteiger partial charge in [0.15, 0.2) is 11.6 Å². The molecule has 1 aliphatic carbocycles. The van der Waals surface area contributed by atoms with Gasteiger partial charge in [0, 0.05) is 5.56 Å². The van der Waals surface area contributed by atoms with Gasteiger partial charge in [0.1, 0.15) is 0 Å². The van der Waals surface area contributed by atoms with Gasteiger partial charge in [-0.1, -0.05) is 24.3 Å². The van der Waals surface area contributed by atoms with E-state index in [2.05, 4.69) is 0 Å². The van der Waals surface area contributed by atoms with Crippen molar-refractivity contribution in [2.75, 3.05) is 7.11 Å². The van der Waals surface area contributed by atoms with Crippen molar-refractivity contribution in [1.29, 1.82) is 0 Å². The van der Waals surface area contributed by atoms with Gasteiger partial charge < -0.3 is 4.74 Å². The van der Waals surface area contributed by atoms with Crippen LogP contribution in [0.25, 0.3) is 11.1 Å². The Labute approximate surface area is 110 Å². The molecule has 19 heavy (non-hydrogen) atoms. The zero-order valence-corrected chi connectivity index (χ0v) is 10.6. The Morgan fingerprint density at radius 1 is 0.947 bits per heavy atom. The average Bonchev–Trinajstić information content (AvgIpc) is 3.27. The van der Waals surface area contributed by atoms with Crippen molar-refractivity contribution < 1.29 is 13.5 Å². The lowest BCUT2D eigenvalue weighted by molar-refractivity contribution is 0.372. The maximum absolute atomic E-state index is 14.0. The van der Waals surface area contributed by atoms with Crippen LogP contribution in [-0.2, 0) is 0 Å². The topological polar surface area (TPSA) is 9.23 Å². The van der Waals surface area contributed by atoms with Crippen molar-refractivity contribution in [3.05, 3.63) is 53.6 Å². The zero-order valence-electron chi connectivity index (χ0n) is 10.6. The molecule has 98 valence electrons. The van der Waals surface area contributed by atoms with Gasteiger partial charge in [0.2, 0.25) is 5.82 Å². The van der Waals surface area contributed by atoms with Gasteiger partial charge in [-0.2, -0.15) is 4.39 Å². The van der Waals surface area contributed by atoms with Crippen molar-refractivity contribution in [2.45, 2.75) is 18.8 Å². The number of benzene rings is 2.